The Bertz CT molecular complexity index is 1070. The number of aryl methyl sites for hydroxylation is 3. The van der Waals surface area contributed by atoms with E-state index < -0.39 is 10.0 Å². The van der Waals surface area contributed by atoms with Crippen molar-refractivity contribution in [1.29, 1.82) is 0 Å². The van der Waals surface area contributed by atoms with Crippen LogP contribution < -0.4 is 0 Å². The van der Waals surface area contributed by atoms with Crippen LogP contribution in [0.2, 0.25) is 0 Å². The second kappa shape index (κ2) is 9.33. The third kappa shape index (κ3) is 4.60. The van der Waals surface area contributed by atoms with Gasteiger partial charge in [-0.25, -0.2) is 13.4 Å². The monoisotopic (exact) mass is 460 g/mol. The summed E-state index contributed by atoms with van der Waals surface area (Å²) >= 11 is 0. The molecule has 8 nitrogen and oxygen atoms in total. The number of aromatic nitrogens is 2. The summed E-state index contributed by atoms with van der Waals surface area (Å²) in [6.07, 6.45) is 6.19. The Hall–Kier alpha value is -2.23. The molecule has 4 rings (SSSR count). The molecule has 0 radical (unpaired) electrons. The first-order chi connectivity index (χ1) is 15.3. The molecule has 1 aromatic carbocycles. The smallest absolute Gasteiger partial charge is 0.249 e. The van der Waals surface area contributed by atoms with Crippen LogP contribution in [0.15, 0.2) is 29.4 Å². The van der Waals surface area contributed by atoms with E-state index in [0.29, 0.717) is 24.5 Å². The minimum atomic E-state index is -3.64. The van der Waals surface area contributed by atoms with Crippen LogP contribution in [0.3, 0.4) is 0 Å². The number of amides is 1. The zero-order chi connectivity index (χ0) is 22.9. The van der Waals surface area contributed by atoms with Gasteiger partial charge in [0.25, 0.3) is 0 Å². The summed E-state index contributed by atoms with van der Waals surface area (Å²) in [5.41, 5.74) is 2.59. The molecule has 1 aromatic heterocycles. The molecule has 0 spiro atoms. The van der Waals surface area contributed by atoms with E-state index in [1.54, 1.807) is 15.4 Å². The molecule has 2 aliphatic rings. The van der Waals surface area contributed by atoms with Crippen LogP contribution in [-0.2, 0) is 32.6 Å². The Kier molecular flexibility index (Phi) is 6.69. The number of nitrogens with zero attached hydrogens (tertiary/aromatic N) is 4. The zero-order valence-corrected chi connectivity index (χ0v) is 19.9. The molecule has 0 saturated carbocycles. The molecule has 1 saturated heterocycles. The lowest BCUT2D eigenvalue weighted by Gasteiger charge is -2.35. The largest absolute Gasteiger partial charge is 0.370 e. The molecule has 1 unspecified atom stereocenters. The van der Waals surface area contributed by atoms with Gasteiger partial charge in [-0.15, -0.1) is 0 Å². The van der Waals surface area contributed by atoms with E-state index >= 15 is 0 Å². The van der Waals surface area contributed by atoms with Crippen molar-refractivity contribution >= 4 is 15.9 Å². The third-order valence-corrected chi connectivity index (χ3v) is 8.64. The van der Waals surface area contributed by atoms with Crippen molar-refractivity contribution in [3.8, 4) is 0 Å². The topological polar surface area (TPSA) is 84.7 Å². The van der Waals surface area contributed by atoms with Gasteiger partial charge in [0.2, 0.25) is 15.9 Å². The van der Waals surface area contributed by atoms with Gasteiger partial charge in [-0.2, -0.15) is 4.31 Å². The summed E-state index contributed by atoms with van der Waals surface area (Å²) in [4.78, 5) is 19.1. The van der Waals surface area contributed by atoms with Crippen LogP contribution >= 0.6 is 0 Å². The van der Waals surface area contributed by atoms with E-state index in [2.05, 4.69) is 4.98 Å². The van der Waals surface area contributed by atoms with Crippen molar-refractivity contribution in [2.75, 3.05) is 26.3 Å². The molecule has 1 amide bonds. The van der Waals surface area contributed by atoms with Crippen LogP contribution in [-0.4, -0.2) is 65.4 Å². The highest BCUT2D eigenvalue weighted by atomic mass is 32.2. The maximum absolute atomic E-state index is 13.6. The highest BCUT2D eigenvalue weighted by Gasteiger charge is 2.35. The summed E-state index contributed by atoms with van der Waals surface area (Å²) in [6, 6.07) is 3.57. The van der Waals surface area contributed by atoms with Gasteiger partial charge in [-0.3, -0.25) is 4.79 Å². The Morgan fingerprint density at radius 3 is 2.62 bits per heavy atom. The van der Waals surface area contributed by atoms with E-state index in [1.165, 1.54) is 0 Å². The average molecular weight is 461 g/mol. The second-order valence-electron chi connectivity index (χ2n) is 8.86. The third-order valence-electron chi connectivity index (χ3n) is 6.38. The number of imidazole rings is 1. The maximum atomic E-state index is 13.6. The normalized spacial score (nSPS) is 19.7. The molecule has 0 aliphatic carbocycles. The minimum Gasteiger partial charge on any atom is -0.370 e. The van der Waals surface area contributed by atoms with Crippen molar-refractivity contribution < 1.29 is 17.9 Å². The van der Waals surface area contributed by atoms with Gasteiger partial charge in [-0.1, -0.05) is 24.1 Å². The SMILES string of the molecule is Cc1cc(C)c(S(=O)(=O)N2CCCCC2COCC(=O)N2CCn3ccnc3C2)c(C)c1. The van der Waals surface area contributed by atoms with E-state index in [9.17, 15) is 13.2 Å². The fourth-order valence-electron chi connectivity index (χ4n) is 4.91. The predicted octanol–water partition coefficient (Wildman–Crippen LogP) is 2.41. The minimum absolute atomic E-state index is 0.0479. The standard InChI is InChI=1S/C23H32N4O4S/c1-17-12-18(2)23(19(3)13-17)32(29,30)27-8-5-4-6-20(27)15-31-16-22(28)26-11-10-25-9-7-24-21(25)14-26/h7,9,12-13,20H,4-6,8,10-11,14-16H2,1-3H3. The van der Waals surface area contributed by atoms with Crippen LogP contribution in [0.4, 0.5) is 0 Å². The van der Waals surface area contributed by atoms with Crippen molar-refractivity contribution in [3.63, 3.8) is 0 Å². The van der Waals surface area contributed by atoms with E-state index in [1.807, 2.05) is 43.7 Å². The maximum Gasteiger partial charge on any atom is 0.249 e. The summed E-state index contributed by atoms with van der Waals surface area (Å²) < 4.78 is 36.6. The number of fused-ring (bicyclic) bond motifs is 1. The molecular weight excluding hydrogens is 428 g/mol. The number of ether oxygens (including phenoxy) is 1. The number of hydrogen-bond donors (Lipinski definition) is 0. The number of carbonyl (C=O) groups is 1. The molecule has 2 aromatic rings. The molecule has 3 heterocycles. The number of carbonyl (C=O) groups excluding carboxylic acids is 1. The molecule has 1 atom stereocenters. The molecule has 0 bridgehead atoms. The summed E-state index contributed by atoms with van der Waals surface area (Å²) in [7, 11) is -3.64. The Morgan fingerprint density at radius 2 is 1.88 bits per heavy atom. The number of hydrogen-bond acceptors (Lipinski definition) is 5. The first kappa shape index (κ1) is 22.9. The Morgan fingerprint density at radius 1 is 1.12 bits per heavy atom. The second-order valence-corrected chi connectivity index (χ2v) is 10.7. The Balaban J connectivity index is 1.40. The quantitative estimate of drug-likeness (QED) is 0.661. The van der Waals surface area contributed by atoms with Gasteiger partial charge < -0.3 is 14.2 Å². The van der Waals surface area contributed by atoms with Crippen LogP contribution in [0.5, 0.6) is 0 Å². The fraction of sp³-hybridized carbons (Fsp3) is 0.565. The van der Waals surface area contributed by atoms with Gasteiger partial charge in [0.15, 0.2) is 0 Å². The summed E-state index contributed by atoms with van der Waals surface area (Å²) in [5, 5.41) is 0. The van der Waals surface area contributed by atoms with E-state index in [0.717, 1.165) is 48.3 Å². The number of sulfonamides is 1. The first-order valence-corrected chi connectivity index (χ1v) is 12.7. The lowest BCUT2D eigenvalue weighted by Crippen LogP contribution is -2.47. The molecule has 0 N–H and O–H groups in total. The molecule has 9 heteroatoms. The van der Waals surface area contributed by atoms with Crippen molar-refractivity contribution in [2.24, 2.45) is 0 Å². The first-order valence-electron chi connectivity index (χ1n) is 11.2. The molecule has 174 valence electrons. The molecule has 2 aliphatic heterocycles. The molecule has 1 fully saturated rings. The Labute approximate surface area is 190 Å². The van der Waals surface area contributed by atoms with Crippen molar-refractivity contribution in [2.45, 2.75) is 64.1 Å². The van der Waals surface area contributed by atoms with Crippen LogP contribution in [0, 0.1) is 20.8 Å². The van der Waals surface area contributed by atoms with Crippen LogP contribution in [0.1, 0.15) is 41.8 Å². The summed E-state index contributed by atoms with van der Waals surface area (Å²) in [6.45, 7) is 8.16. The molecular formula is C23H32N4O4S. The van der Waals surface area contributed by atoms with Crippen LogP contribution in [0.25, 0.3) is 0 Å². The highest BCUT2D eigenvalue weighted by molar-refractivity contribution is 7.89. The van der Waals surface area contributed by atoms with Gasteiger partial charge in [0.05, 0.1) is 18.0 Å². The van der Waals surface area contributed by atoms with E-state index in [4.69, 9.17) is 4.74 Å². The predicted molar refractivity (Wildman–Crippen MR) is 121 cm³/mol. The average Bonchev–Trinajstić information content (AvgIpc) is 3.21. The zero-order valence-electron chi connectivity index (χ0n) is 19.1. The van der Waals surface area contributed by atoms with Crippen molar-refractivity contribution in [1.82, 2.24) is 18.8 Å². The number of benzene rings is 1. The lowest BCUT2D eigenvalue weighted by molar-refractivity contribution is -0.138. The lowest BCUT2D eigenvalue weighted by atomic mass is 10.1. The molecule has 32 heavy (non-hydrogen) atoms. The fourth-order valence-corrected chi connectivity index (χ4v) is 7.00. The van der Waals surface area contributed by atoms with Crippen molar-refractivity contribution in [3.05, 3.63) is 47.0 Å². The van der Waals surface area contributed by atoms with Gasteiger partial charge in [0, 0.05) is 38.1 Å². The summed E-state index contributed by atoms with van der Waals surface area (Å²) in [5.74, 6) is 0.785. The van der Waals surface area contributed by atoms with Gasteiger partial charge in [0.1, 0.15) is 12.4 Å². The van der Waals surface area contributed by atoms with Gasteiger partial charge >= 0.3 is 0 Å². The number of rotatable bonds is 6. The number of piperidine rings is 1. The highest BCUT2D eigenvalue weighted by Crippen LogP contribution is 2.30. The van der Waals surface area contributed by atoms with E-state index in [-0.39, 0.29) is 25.2 Å². The van der Waals surface area contributed by atoms with Gasteiger partial charge in [-0.05, 0) is 44.7 Å².